The summed E-state index contributed by atoms with van der Waals surface area (Å²) < 4.78 is 61.6. The number of carbonyl (C=O) groups is 5. The third-order valence-corrected chi connectivity index (χ3v) is 12.4. The number of H-pyrrole nitrogens is 1. The number of aliphatic carboxylic acids is 1. The van der Waals surface area contributed by atoms with E-state index in [9.17, 15) is 41.5 Å². The number of carboxylic acid groups (broad SMARTS) is 1. The van der Waals surface area contributed by atoms with Crippen LogP contribution in [0.15, 0.2) is 66.7 Å². The Morgan fingerprint density at radius 2 is 1.52 bits per heavy atom. The van der Waals surface area contributed by atoms with Gasteiger partial charge in [0.05, 0.1) is 0 Å². The summed E-state index contributed by atoms with van der Waals surface area (Å²) in [7, 11) is 3.94. The molecule has 4 amide bonds. The van der Waals surface area contributed by atoms with Gasteiger partial charge in [0, 0.05) is 48.8 Å². The Bertz CT molecular complexity index is 2410. The lowest BCUT2D eigenvalue weighted by molar-refractivity contribution is -0.231. The number of anilines is 1. The Hall–Kier alpha value is -6.37. The third-order valence-electron chi connectivity index (χ3n) is 12.4. The molecule has 4 aromatic rings. The predicted octanol–water partition coefficient (Wildman–Crippen LogP) is 7.42. The number of aromatic amines is 1. The molecule has 1 saturated carbocycles. The van der Waals surface area contributed by atoms with Crippen LogP contribution in [0.2, 0.25) is 0 Å². The van der Waals surface area contributed by atoms with Gasteiger partial charge in [-0.05, 0) is 151 Å². The molecule has 2 fully saturated rings. The highest BCUT2D eigenvalue weighted by atomic mass is 19.3. The Labute approximate surface area is 386 Å². The Morgan fingerprint density at radius 1 is 0.896 bits per heavy atom. The molecule has 3 aromatic carbocycles. The first-order chi connectivity index (χ1) is 31.5. The second kappa shape index (κ2) is 20.7. The highest BCUT2D eigenvalue weighted by molar-refractivity contribution is 5.98. The number of likely N-dealkylation sites (tertiary alicyclic amines) is 1. The number of carboxylic acids is 1. The van der Waals surface area contributed by atoms with Crippen LogP contribution in [0.4, 0.5) is 28.0 Å². The van der Waals surface area contributed by atoms with E-state index in [0.29, 0.717) is 37.8 Å². The monoisotopic (exact) mass is 934 g/mol. The second-order valence-corrected chi connectivity index (χ2v) is 18.6. The van der Waals surface area contributed by atoms with Crippen LogP contribution in [-0.4, -0.2) is 117 Å². The minimum atomic E-state index is -5.45. The van der Waals surface area contributed by atoms with Gasteiger partial charge >= 0.3 is 23.9 Å². The lowest BCUT2D eigenvalue weighted by Crippen LogP contribution is -2.48. The molecule has 1 saturated heterocycles. The third kappa shape index (κ3) is 12.4. The van der Waals surface area contributed by atoms with Crippen molar-refractivity contribution in [3.8, 4) is 22.5 Å². The van der Waals surface area contributed by atoms with Gasteiger partial charge in [-0.3, -0.25) is 19.5 Å². The highest BCUT2D eigenvalue weighted by Gasteiger charge is 2.65. The first-order valence-electron chi connectivity index (χ1n) is 22.3. The van der Waals surface area contributed by atoms with Gasteiger partial charge in [-0.2, -0.15) is 22.7 Å². The van der Waals surface area contributed by atoms with Crippen molar-refractivity contribution >= 4 is 35.5 Å². The highest BCUT2D eigenvalue weighted by Crippen LogP contribution is 2.42. The van der Waals surface area contributed by atoms with Gasteiger partial charge in [-0.25, -0.2) is 14.6 Å². The molecule has 19 heteroatoms. The molecule has 360 valence electrons. The molecule has 1 aliphatic carbocycles. The number of alkyl carbamates (subject to hydrolysis) is 1. The zero-order chi connectivity index (χ0) is 48.8. The number of benzene rings is 3. The van der Waals surface area contributed by atoms with Crippen LogP contribution in [0.1, 0.15) is 86.6 Å². The fourth-order valence-electron chi connectivity index (χ4n) is 8.34. The molecule has 15 nitrogen and oxygen atoms in total. The van der Waals surface area contributed by atoms with Gasteiger partial charge in [-0.15, -0.1) is 0 Å². The molecular weight excluding hydrogens is 877 g/mol. The van der Waals surface area contributed by atoms with Gasteiger partial charge in [-0.1, -0.05) is 30.3 Å². The van der Waals surface area contributed by atoms with Gasteiger partial charge in [0.25, 0.3) is 5.91 Å². The first-order valence-corrected chi connectivity index (χ1v) is 22.3. The quantitative estimate of drug-likeness (QED) is 0.0748. The Morgan fingerprint density at radius 3 is 2.12 bits per heavy atom. The molecule has 0 unspecified atom stereocenters. The minimum Gasteiger partial charge on any atom is -0.477 e. The van der Waals surface area contributed by atoms with Crippen LogP contribution < -0.4 is 16.0 Å². The number of nitrogens with one attached hydrogen (secondary N) is 4. The van der Waals surface area contributed by atoms with Crippen molar-refractivity contribution in [2.24, 2.45) is 11.8 Å². The van der Waals surface area contributed by atoms with E-state index in [1.807, 2.05) is 61.3 Å². The average Bonchev–Trinajstić information content (AvgIpc) is 3.79. The summed E-state index contributed by atoms with van der Waals surface area (Å²) in [5.74, 6) is -16.9. The number of aryl methyl sites for hydroxylation is 1. The zero-order valence-electron chi connectivity index (χ0n) is 38.4. The molecule has 6 rings (SSSR count). The van der Waals surface area contributed by atoms with E-state index < -0.39 is 53.1 Å². The van der Waals surface area contributed by atoms with E-state index in [1.54, 1.807) is 25.9 Å². The number of nitrogens with zero attached hydrogens (tertiary/aromatic N) is 4. The molecule has 1 aliphatic heterocycles. The molecule has 2 aliphatic rings. The summed E-state index contributed by atoms with van der Waals surface area (Å²) in [6, 6.07) is 17.9. The fraction of sp³-hybridized carbons (Fsp3) is 0.479. The number of hydrogen-bond acceptors (Lipinski definition) is 9. The SMILES string of the molecule is Cc1cc(C(=O)N(C)C2CCN(C)CC2)ccc1-c1ccc(C[C@H](NC(=O)C2CCC(CNC(=O)OC(C)(C)C)CC2)C(=O)Nc2ccc(-c3n[nH]c(C(F)(F)C(F)(F)C(=O)O)n3)cc2)cc1. The van der Waals surface area contributed by atoms with Gasteiger partial charge in [0.2, 0.25) is 17.6 Å². The number of amides is 4. The van der Waals surface area contributed by atoms with E-state index >= 15 is 0 Å². The molecule has 0 radical (unpaired) electrons. The molecule has 1 aromatic heterocycles. The topological polar surface area (TPSA) is 199 Å². The van der Waals surface area contributed by atoms with Crippen molar-refractivity contribution in [2.45, 2.75) is 102 Å². The number of piperidine rings is 1. The number of hydrogen-bond donors (Lipinski definition) is 5. The van der Waals surface area contributed by atoms with Crippen molar-refractivity contribution in [1.29, 1.82) is 0 Å². The van der Waals surface area contributed by atoms with Crippen LogP contribution in [0.3, 0.4) is 0 Å². The zero-order valence-corrected chi connectivity index (χ0v) is 38.4. The van der Waals surface area contributed by atoms with Crippen LogP contribution in [-0.2, 0) is 31.5 Å². The standard InChI is InChI=1S/C48H58F4N8O7/c1-28-25-34(42(63)60(6)36-21-23-59(5)24-22-36)17-20-37(28)31-11-7-29(8-12-31)26-38(55-40(61)33-13-9-30(10-14-33)27-53-45(66)67-46(2,3)4)41(62)54-35-18-15-32(16-19-35)39-56-43(58-57-39)47(49,50)48(51,52)44(64)65/h7-8,11-12,15-20,25,30,33,36,38H,9-10,13-14,21-24,26-27H2,1-6H3,(H,53,66)(H,54,62)(H,55,61)(H,64,65)(H,56,57,58)/t30?,33?,38-/m0/s1. The molecule has 0 bridgehead atoms. The largest absolute Gasteiger partial charge is 0.477 e. The van der Waals surface area contributed by atoms with Crippen molar-refractivity contribution < 1.29 is 51.4 Å². The van der Waals surface area contributed by atoms with Crippen LogP contribution in [0, 0.1) is 18.8 Å². The van der Waals surface area contributed by atoms with Gasteiger partial charge in [0.1, 0.15) is 11.6 Å². The van der Waals surface area contributed by atoms with Gasteiger partial charge in [0.15, 0.2) is 5.82 Å². The van der Waals surface area contributed by atoms with Crippen molar-refractivity contribution in [1.82, 2.24) is 35.6 Å². The lowest BCUT2D eigenvalue weighted by atomic mass is 9.81. The van der Waals surface area contributed by atoms with E-state index in [2.05, 4.69) is 38.0 Å². The number of rotatable bonds is 15. The number of alkyl halides is 4. The maximum Gasteiger partial charge on any atom is 0.411 e. The first kappa shape index (κ1) is 50.1. The predicted molar refractivity (Wildman–Crippen MR) is 241 cm³/mol. The maximum atomic E-state index is 14.3. The average molecular weight is 935 g/mol. The molecule has 67 heavy (non-hydrogen) atoms. The van der Waals surface area contributed by atoms with E-state index in [1.165, 1.54) is 24.3 Å². The number of halogens is 4. The summed E-state index contributed by atoms with van der Waals surface area (Å²) in [6.07, 6.45) is 3.88. The van der Waals surface area contributed by atoms with E-state index in [-0.39, 0.29) is 47.4 Å². The van der Waals surface area contributed by atoms with Crippen molar-refractivity contribution in [3.63, 3.8) is 0 Å². The molecule has 1 atom stereocenters. The second-order valence-electron chi connectivity index (χ2n) is 18.6. The van der Waals surface area contributed by atoms with Crippen LogP contribution in [0.25, 0.3) is 22.5 Å². The Balaban J connectivity index is 1.14. The Kier molecular flexibility index (Phi) is 15.4. The maximum absolute atomic E-state index is 14.3. The molecule has 0 spiro atoms. The van der Waals surface area contributed by atoms with E-state index in [0.717, 1.165) is 48.2 Å². The normalized spacial score (nSPS) is 17.8. The summed E-state index contributed by atoms with van der Waals surface area (Å²) in [5, 5.41) is 22.4. The van der Waals surface area contributed by atoms with Gasteiger partial charge < -0.3 is 35.6 Å². The smallest absolute Gasteiger partial charge is 0.411 e. The number of ether oxygens (including phenoxy) is 1. The molecular formula is C48H58F4N8O7. The van der Waals surface area contributed by atoms with Crippen molar-refractivity contribution in [3.05, 3.63) is 89.2 Å². The molecule has 5 N–H and O–H groups in total. The minimum absolute atomic E-state index is 0.0228. The van der Waals surface area contributed by atoms with E-state index in [4.69, 9.17) is 9.84 Å². The molecule has 2 heterocycles. The van der Waals surface area contributed by atoms with Crippen molar-refractivity contribution in [2.75, 3.05) is 39.0 Å². The summed E-state index contributed by atoms with van der Waals surface area (Å²) >= 11 is 0. The summed E-state index contributed by atoms with van der Waals surface area (Å²) in [5.41, 5.74) is 3.80. The van der Waals surface area contributed by atoms with Crippen LogP contribution in [0.5, 0.6) is 0 Å². The summed E-state index contributed by atoms with van der Waals surface area (Å²) in [4.78, 5) is 71.7. The fourth-order valence-corrected chi connectivity index (χ4v) is 8.34. The summed E-state index contributed by atoms with van der Waals surface area (Å²) in [6.45, 7) is 9.59. The number of aromatic nitrogens is 3. The van der Waals surface area contributed by atoms with Crippen LogP contribution >= 0.6 is 0 Å². The number of carbonyl (C=O) groups excluding carboxylic acids is 4. The lowest BCUT2D eigenvalue weighted by Gasteiger charge is -2.35.